The van der Waals surface area contributed by atoms with Crippen LogP contribution in [-0.2, 0) is 10.9 Å². The monoisotopic (exact) mass is 299 g/mol. The number of alkyl halides is 3. The van der Waals surface area contributed by atoms with E-state index in [1.165, 1.54) is 0 Å². The third-order valence-corrected chi connectivity index (χ3v) is 2.63. The van der Waals surface area contributed by atoms with Crippen LogP contribution in [0.1, 0.15) is 23.6 Å². The lowest BCUT2D eigenvalue weighted by Crippen LogP contribution is -2.35. The van der Waals surface area contributed by atoms with Gasteiger partial charge in [0.25, 0.3) is 0 Å². The number of benzene rings is 1. The summed E-state index contributed by atoms with van der Waals surface area (Å²) in [5.74, 6) is -1.35. The number of hydrogen-bond donors (Lipinski definition) is 1. The summed E-state index contributed by atoms with van der Waals surface area (Å²) in [5.41, 5.74) is -1.03. The fraction of sp³-hybridized carbons (Fsp3) is 0.364. The van der Waals surface area contributed by atoms with Gasteiger partial charge < -0.3 is 10.1 Å². The molecule has 3 nitrogen and oxygen atoms in total. The Morgan fingerprint density at radius 3 is 2.53 bits per heavy atom. The minimum Gasteiger partial charge on any atom is -0.449 e. The Morgan fingerprint density at radius 2 is 2.00 bits per heavy atom. The van der Waals surface area contributed by atoms with Gasteiger partial charge in [-0.05, 0) is 17.7 Å². The van der Waals surface area contributed by atoms with Gasteiger partial charge >= 0.3 is 12.3 Å². The minimum absolute atomic E-state index is 0. The van der Waals surface area contributed by atoms with Crippen LogP contribution in [-0.4, -0.2) is 12.7 Å². The first kappa shape index (κ1) is 15.6. The van der Waals surface area contributed by atoms with Gasteiger partial charge in [-0.15, -0.1) is 12.4 Å². The average molecular weight is 300 g/mol. The maximum atomic E-state index is 13.3. The third kappa shape index (κ3) is 3.50. The van der Waals surface area contributed by atoms with E-state index in [4.69, 9.17) is 0 Å². The topological polar surface area (TPSA) is 38.3 Å². The molecule has 1 aliphatic heterocycles. The molecule has 0 aliphatic carbocycles. The van der Waals surface area contributed by atoms with Crippen molar-refractivity contribution >= 4 is 18.5 Å². The molecule has 1 amide bonds. The molecule has 0 saturated carbocycles. The highest BCUT2D eigenvalue weighted by Gasteiger charge is 2.34. The molecule has 1 aliphatic rings. The summed E-state index contributed by atoms with van der Waals surface area (Å²) in [6.45, 7) is 0.152. The smallest absolute Gasteiger partial charge is 0.419 e. The molecule has 19 heavy (non-hydrogen) atoms. The van der Waals surface area contributed by atoms with Crippen molar-refractivity contribution < 1.29 is 27.1 Å². The lowest BCUT2D eigenvalue weighted by Gasteiger charge is -2.24. The summed E-state index contributed by atoms with van der Waals surface area (Å²) in [6, 6.07) is 2.09. The van der Waals surface area contributed by atoms with Crippen LogP contribution in [0.4, 0.5) is 22.4 Å². The molecule has 8 heteroatoms. The van der Waals surface area contributed by atoms with Crippen LogP contribution in [0.25, 0.3) is 0 Å². The molecular formula is C11H10ClF4NO2. The molecular weight excluding hydrogens is 290 g/mol. The number of nitrogens with one attached hydrogen (secondary N) is 1. The van der Waals surface area contributed by atoms with Crippen molar-refractivity contribution in [2.75, 3.05) is 6.61 Å². The molecule has 1 saturated heterocycles. The van der Waals surface area contributed by atoms with Crippen molar-refractivity contribution in [1.29, 1.82) is 0 Å². The van der Waals surface area contributed by atoms with Crippen molar-refractivity contribution in [3.63, 3.8) is 0 Å². The SMILES string of the molecule is Cl.O=C1N[C@@H](c2ccc(C(F)(F)F)c(F)c2)CCO1. The van der Waals surface area contributed by atoms with Crippen LogP contribution in [0.15, 0.2) is 18.2 Å². The number of halogens is 5. The fourth-order valence-electron chi connectivity index (χ4n) is 1.75. The third-order valence-electron chi connectivity index (χ3n) is 2.63. The van der Waals surface area contributed by atoms with Crippen LogP contribution in [0.3, 0.4) is 0 Å². The van der Waals surface area contributed by atoms with Gasteiger partial charge in [-0.3, -0.25) is 0 Å². The van der Waals surface area contributed by atoms with E-state index in [1.54, 1.807) is 0 Å². The van der Waals surface area contributed by atoms with E-state index in [2.05, 4.69) is 10.1 Å². The van der Waals surface area contributed by atoms with E-state index in [1.807, 2.05) is 0 Å². The summed E-state index contributed by atoms with van der Waals surface area (Å²) in [4.78, 5) is 11.0. The lowest BCUT2D eigenvalue weighted by molar-refractivity contribution is -0.140. The summed E-state index contributed by atoms with van der Waals surface area (Å²) in [5, 5.41) is 2.41. The number of hydrogen-bond acceptors (Lipinski definition) is 2. The van der Waals surface area contributed by atoms with E-state index in [9.17, 15) is 22.4 Å². The van der Waals surface area contributed by atoms with E-state index >= 15 is 0 Å². The van der Waals surface area contributed by atoms with Gasteiger partial charge in [0.2, 0.25) is 0 Å². The number of cyclic esters (lactones) is 1. The maximum Gasteiger partial charge on any atom is 0.419 e. The van der Waals surface area contributed by atoms with Gasteiger partial charge in [0.05, 0.1) is 18.2 Å². The first-order valence-corrected chi connectivity index (χ1v) is 5.18. The summed E-state index contributed by atoms with van der Waals surface area (Å²) in [7, 11) is 0. The Morgan fingerprint density at radius 1 is 1.32 bits per heavy atom. The molecule has 1 fully saturated rings. The Balaban J connectivity index is 0.00000180. The molecule has 1 heterocycles. The molecule has 1 atom stereocenters. The van der Waals surface area contributed by atoms with Crippen LogP contribution < -0.4 is 5.32 Å². The maximum absolute atomic E-state index is 13.3. The Bertz CT molecular complexity index is 478. The molecule has 0 bridgehead atoms. The number of amides is 1. The molecule has 106 valence electrons. The van der Waals surface area contributed by atoms with E-state index in [0.29, 0.717) is 12.5 Å². The number of rotatable bonds is 1. The minimum atomic E-state index is -4.72. The van der Waals surface area contributed by atoms with Gasteiger partial charge in [0.15, 0.2) is 0 Å². The number of alkyl carbamates (subject to hydrolysis) is 1. The Hall–Kier alpha value is -1.50. The highest BCUT2D eigenvalue weighted by Crippen LogP contribution is 2.33. The zero-order valence-electron chi connectivity index (χ0n) is 9.46. The molecule has 0 aromatic heterocycles. The van der Waals surface area contributed by atoms with Gasteiger partial charge in [-0.2, -0.15) is 13.2 Å². The van der Waals surface area contributed by atoms with E-state index in [0.717, 1.165) is 12.1 Å². The second-order valence-corrected chi connectivity index (χ2v) is 3.86. The van der Waals surface area contributed by atoms with Gasteiger partial charge in [-0.25, -0.2) is 9.18 Å². The van der Waals surface area contributed by atoms with Crippen LogP contribution in [0.5, 0.6) is 0 Å². The molecule has 1 N–H and O–H groups in total. The lowest BCUT2D eigenvalue weighted by atomic mass is 10.0. The van der Waals surface area contributed by atoms with E-state index in [-0.39, 0.29) is 24.6 Å². The molecule has 2 rings (SSSR count). The molecule has 1 aromatic carbocycles. The quantitative estimate of drug-likeness (QED) is 0.807. The van der Waals surface area contributed by atoms with Crippen molar-refractivity contribution in [3.05, 3.63) is 35.1 Å². The summed E-state index contributed by atoms with van der Waals surface area (Å²) in [6.07, 6.45) is -5.00. The van der Waals surface area contributed by atoms with Crippen molar-refractivity contribution in [2.45, 2.75) is 18.6 Å². The predicted molar refractivity (Wildman–Crippen MR) is 60.5 cm³/mol. The van der Waals surface area contributed by atoms with Gasteiger partial charge in [0.1, 0.15) is 5.82 Å². The number of carbonyl (C=O) groups excluding carboxylic acids is 1. The van der Waals surface area contributed by atoms with Gasteiger partial charge in [0, 0.05) is 6.42 Å². The largest absolute Gasteiger partial charge is 0.449 e. The van der Waals surface area contributed by atoms with Crippen LogP contribution in [0.2, 0.25) is 0 Å². The number of ether oxygens (including phenoxy) is 1. The zero-order valence-corrected chi connectivity index (χ0v) is 10.3. The predicted octanol–water partition coefficient (Wildman–Crippen LogP) is 3.44. The first-order valence-electron chi connectivity index (χ1n) is 5.18. The average Bonchev–Trinajstić information content (AvgIpc) is 2.27. The highest BCUT2D eigenvalue weighted by molar-refractivity contribution is 5.85. The van der Waals surface area contributed by atoms with Crippen molar-refractivity contribution in [2.24, 2.45) is 0 Å². The summed E-state index contributed by atoms with van der Waals surface area (Å²) >= 11 is 0. The summed E-state index contributed by atoms with van der Waals surface area (Å²) < 4.78 is 55.0. The van der Waals surface area contributed by atoms with Gasteiger partial charge in [-0.1, -0.05) is 6.07 Å². The Kier molecular flexibility index (Phi) is 4.62. The zero-order chi connectivity index (χ0) is 13.3. The first-order chi connectivity index (χ1) is 8.38. The molecule has 0 spiro atoms. The van der Waals surface area contributed by atoms with Crippen LogP contribution in [0, 0.1) is 5.82 Å². The normalized spacial score (nSPS) is 19.2. The molecule has 1 aromatic rings. The molecule has 0 radical (unpaired) electrons. The second kappa shape index (κ2) is 5.64. The van der Waals surface area contributed by atoms with Crippen molar-refractivity contribution in [3.8, 4) is 0 Å². The highest BCUT2D eigenvalue weighted by atomic mass is 35.5. The molecule has 0 unspecified atom stereocenters. The van der Waals surface area contributed by atoms with Crippen molar-refractivity contribution in [1.82, 2.24) is 5.32 Å². The Labute approximate surface area is 112 Å². The standard InChI is InChI=1S/C11H9F4NO2.ClH/c12-8-5-6(1-2-7(8)11(13,14)15)9-3-4-18-10(17)16-9;/h1-2,5,9H,3-4H2,(H,16,17);1H/t9-;/m1./s1. The fourth-order valence-corrected chi connectivity index (χ4v) is 1.75. The number of carbonyl (C=O) groups is 1. The second-order valence-electron chi connectivity index (χ2n) is 3.86. The van der Waals surface area contributed by atoms with Crippen LogP contribution >= 0.6 is 12.4 Å². The van der Waals surface area contributed by atoms with E-state index < -0.39 is 29.7 Å².